The van der Waals surface area contributed by atoms with Gasteiger partial charge in [-0.2, -0.15) is 0 Å². The molecule has 0 spiro atoms. The minimum atomic E-state index is 0.275. The Balaban J connectivity index is 4.54. The zero-order chi connectivity index (χ0) is 11.2. The van der Waals surface area contributed by atoms with E-state index in [1.165, 1.54) is 12.6 Å². The molecule has 0 fully saturated rings. The van der Waals surface area contributed by atoms with E-state index in [2.05, 4.69) is 40.7 Å². The maximum Gasteiger partial charge on any atom is 0.0174 e. The third-order valence-corrected chi connectivity index (χ3v) is 4.92. The Morgan fingerprint density at radius 2 is 1.71 bits per heavy atom. The van der Waals surface area contributed by atoms with E-state index in [0.29, 0.717) is 5.16 Å². The first-order valence-electron chi connectivity index (χ1n) is 5.37. The molecule has 0 aromatic rings. The van der Waals surface area contributed by atoms with Gasteiger partial charge >= 0.3 is 0 Å². The highest BCUT2D eigenvalue weighted by molar-refractivity contribution is 7.42. The summed E-state index contributed by atoms with van der Waals surface area (Å²) in [7, 11) is 0.923. The summed E-state index contributed by atoms with van der Waals surface area (Å²) in [6, 6.07) is 0. The monoisotopic (exact) mass is 213 g/mol. The summed E-state index contributed by atoms with van der Waals surface area (Å²) in [5.41, 5.74) is 0. The van der Waals surface area contributed by atoms with Gasteiger partial charge in [-0.1, -0.05) is 40.7 Å². The zero-order valence-electron chi connectivity index (χ0n) is 10.1. The third kappa shape index (κ3) is 4.91. The second kappa shape index (κ2) is 5.66. The fourth-order valence-corrected chi connectivity index (χ4v) is 3.45. The van der Waals surface area contributed by atoms with Crippen molar-refractivity contribution in [1.29, 1.82) is 5.41 Å². The molecule has 2 unspecified atom stereocenters. The van der Waals surface area contributed by atoms with Crippen LogP contribution in [0.3, 0.4) is 0 Å². The molecule has 0 heterocycles. The van der Waals surface area contributed by atoms with Crippen LogP contribution in [0.4, 0.5) is 0 Å². The van der Waals surface area contributed by atoms with Crippen molar-refractivity contribution in [2.24, 2.45) is 0 Å². The molecule has 0 radical (unpaired) electrons. The van der Waals surface area contributed by atoms with Gasteiger partial charge in [0.05, 0.1) is 0 Å². The van der Waals surface area contributed by atoms with Gasteiger partial charge in [-0.3, -0.25) is 0 Å². The lowest BCUT2D eigenvalue weighted by Crippen LogP contribution is -2.23. The van der Waals surface area contributed by atoms with Crippen molar-refractivity contribution >= 4 is 14.8 Å². The average molecular weight is 213 g/mol. The summed E-state index contributed by atoms with van der Waals surface area (Å²) >= 11 is 0. The van der Waals surface area contributed by atoms with Gasteiger partial charge in [-0.05, 0) is 24.1 Å². The Bertz CT molecular complexity index is 208. The highest BCUT2D eigenvalue weighted by Gasteiger charge is 2.27. The molecule has 0 saturated heterocycles. The van der Waals surface area contributed by atoms with E-state index in [9.17, 15) is 0 Å². The van der Waals surface area contributed by atoms with Gasteiger partial charge in [0.25, 0.3) is 0 Å². The van der Waals surface area contributed by atoms with E-state index in [1.54, 1.807) is 0 Å². The van der Waals surface area contributed by atoms with E-state index in [1.807, 2.05) is 6.08 Å². The van der Waals surface area contributed by atoms with Crippen LogP contribution in [0.25, 0.3) is 0 Å². The second-order valence-corrected chi connectivity index (χ2v) is 7.41. The summed E-state index contributed by atoms with van der Waals surface area (Å²) in [6.07, 6.45) is 7.80. The van der Waals surface area contributed by atoms with Gasteiger partial charge in [0.1, 0.15) is 0 Å². The molecular formula is C12H24NP. The Labute approximate surface area is 90.7 Å². The van der Waals surface area contributed by atoms with Crippen molar-refractivity contribution in [2.75, 3.05) is 0 Å². The minimum Gasteiger partial charge on any atom is -0.309 e. The molecule has 1 N–H and O–H groups in total. The van der Waals surface area contributed by atoms with Crippen LogP contribution < -0.4 is 0 Å². The molecule has 82 valence electrons. The summed E-state index contributed by atoms with van der Waals surface area (Å²) in [5.74, 6) is 0. The van der Waals surface area contributed by atoms with Crippen molar-refractivity contribution in [2.45, 2.75) is 57.8 Å². The lowest BCUT2D eigenvalue weighted by Gasteiger charge is -2.34. The molecule has 0 aliphatic carbocycles. The van der Waals surface area contributed by atoms with Crippen LogP contribution in [0, 0.1) is 5.41 Å². The van der Waals surface area contributed by atoms with Gasteiger partial charge in [0.15, 0.2) is 0 Å². The number of hydrogen-bond acceptors (Lipinski definition) is 1. The fraction of sp³-hybridized carbons (Fsp3) is 0.750. The van der Waals surface area contributed by atoms with Crippen LogP contribution in [-0.2, 0) is 0 Å². The van der Waals surface area contributed by atoms with Crippen LogP contribution in [0.2, 0.25) is 0 Å². The van der Waals surface area contributed by atoms with Crippen LogP contribution in [0.1, 0.15) is 47.5 Å². The van der Waals surface area contributed by atoms with Crippen molar-refractivity contribution in [3.05, 3.63) is 12.2 Å². The molecule has 0 rings (SSSR count). The van der Waals surface area contributed by atoms with Gasteiger partial charge in [0.2, 0.25) is 0 Å². The van der Waals surface area contributed by atoms with Gasteiger partial charge in [-0.15, -0.1) is 8.58 Å². The minimum absolute atomic E-state index is 0.275. The molecule has 0 aromatic carbocycles. The third-order valence-electron chi connectivity index (χ3n) is 2.80. The topological polar surface area (TPSA) is 23.9 Å². The first kappa shape index (κ1) is 13.8. The van der Waals surface area contributed by atoms with Gasteiger partial charge in [0, 0.05) is 11.4 Å². The van der Waals surface area contributed by atoms with Crippen LogP contribution >= 0.6 is 8.58 Å². The predicted octanol–water partition coefficient (Wildman–Crippen LogP) is 4.23. The van der Waals surface area contributed by atoms with Crippen molar-refractivity contribution in [3.8, 4) is 0 Å². The Kier molecular flexibility index (Phi) is 5.59. The first-order chi connectivity index (χ1) is 6.39. The maximum absolute atomic E-state index is 7.02. The summed E-state index contributed by atoms with van der Waals surface area (Å²) < 4.78 is 0. The van der Waals surface area contributed by atoms with Crippen molar-refractivity contribution < 1.29 is 0 Å². The highest BCUT2D eigenvalue weighted by Crippen LogP contribution is 2.47. The molecule has 0 bridgehead atoms. The Morgan fingerprint density at radius 3 is 2.07 bits per heavy atom. The fourth-order valence-electron chi connectivity index (χ4n) is 1.37. The smallest absolute Gasteiger partial charge is 0.0174 e. The van der Waals surface area contributed by atoms with Crippen molar-refractivity contribution in [1.82, 2.24) is 0 Å². The largest absolute Gasteiger partial charge is 0.309 e. The molecule has 0 aliphatic heterocycles. The van der Waals surface area contributed by atoms with E-state index < -0.39 is 0 Å². The predicted molar refractivity (Wildman–Crippen MR) is 69.3 cm³/mol. The van der Waals surface area contributed by atoms with E-state index in [-0.39, 0.29) is 5.16 Å². The molecule has 14 heavy (non-hydrogen) atoms. The van der Waals surface area contributed by atoms with Gasteiger partial charge in [-0.25, -0.2) is 0 Å². The maximum atomic E-state index is 7.02. The number of allylic oxidation sites excluding steroid dienone is 2. The summed E-state index contributed by atoms with van der Waals surface area (Å²) in [4.78, 5) is 0. The molecule has 0 saturated carbocycles. The second-order valence-electron chi connectivity index (χ2n) is 4.66. The molecule has 2 heteroatoms. The molecule has 1 nitrogen and oxygen atoms in total. The number of hydrogen-bond donors (Lipinski definition) is 1. The first-order valence-corrected chi connectivity index (χ1v) is 6.37. The van der Waals surface area contributed by atoms with Gasteiger partial charge < -0.3 is 5.41 Å². The molecule has 0 amide bonds. The lowest BCUT2D eigenvalue weighted by atomic mass is 10.1. The van der Waals surface area contributed by atoms with Crippen LogP contribution in [0.15, 0.2) is 12.2 Å². The molecule has 2 atom stereocenters. The quantitative estimate of drug-likeness (QED) is 0.504. The highest BCUT2D eigenvalue weighted by atomic mass is 31.1. The van der Waals surface area contributed by atoms with Crippen LogP contribution in [-0.4, -0.2) is 16.5 Å². The number of rotatable bonds is 6. The zero-order valence-corrected chi connectivity index (χ0v) is 11.1. The van der Waals surface area contributed by atoms with Crippen molar-refractivity contribution in [3.63, 3.8) is 0 Å². The molecule has 0 aliphatic rings. The molecule has 0 aromatic heterocycles. The summed E-state index contributed by atoms with van der Waals surface area (Å²) in [6.45, 7) is 11.4. The Hall–Kier alpha value is -0.160. The average Bonchev–Trinajstić information content (AvgIpc) is 2.14. The lowest BCUT2D eigenvalue weighted by molar-refractivity contribution is 0.644. The molecular weight excluding hydrogens is 189 g/mol. The normalized spacial score (nSPS) is 17.8. The van der Waals surface area contributed by atoms with Crippen LogP contribution in [0.5, 0.6) is 0 Å². The van der Waals surface area contributed by atoms with E-state index in [4.69, 9.17) is 5.41 Å². The Morgan fingerprint density at radius 1 is 1.14 bits per heavy atom. The summed E-state index contributed by atoms with van der Waals surface area (Å²) in [5, 5.41) is 7.73. The van der Waals surface area contributed by atoms with E-state index in [0.717, 1.165) is 15.0 Å². The standard InChI is InChI=1S/C12H24NP/c1-6-11(3,4)14-12(5,7-2)9-8-10-13/h8-10,13-14H,6-7H2,1-5H3/b9-8+,13-10?. The number of nitrogens with one attached hydrogen (secondary N) is 1. The van der Waals surface area contributed by atoms with E-state index >= 15 is 0 Å². The SMILES string of the molecule is CCC(C)(C)PC(C)(/C=C/C=N)CC.